The molecule has 0 bridgehead atoms. The lowest BCUT2D eigenvalue weighted by atomic mass is 9.91. The molecule has 1 unspecified atom stereocenters. The molecule has 2 aromatic rings. The van der Waals surface area contributed by atoms with Gasteiger partial charge in [-0.05, 0) is 42.3 Å². The van der Waals surface area contributed by atoms with E-state index < -0.39 is 29.0 Å². The van der Waals surface area contributed by atoms with Gasteiger partial charge in [-0.1, -0.05) is 30.0 Å². The Balaban J connectivity index is 1.41. The van der Waals surface area contributed by atoms with Crippen molar-refractivity contribution >= 4 is 29.8 Å². The monoisotopic (exact) mass is 501 g/mol. The summed E-state index contributed by atoms with van der Waals surface area (Å²) in [5.74, 6) is 4.96. The van der Waals surface area contributed by atoms with Crippen LogP contribution in [0.25, 0.3) is 0 Å². The van der Waals surface area contributed by atoms with E-state index in [4.69, 9.17) is 4.74 Å². The third kappa shape index (κ3) is 3.83. The van der Waals surface area contributed by atoms with Crippen LogP contribution >= 0.6 is 0 Å². The predicted octanol–water partition coefficient (Wildman–Crippen LogP) is 0.678. The summed E-state index contributed by atoms with van der Waals surface area (Å²) in [5.41, 5.74) is -0.532. The van der Waals surface area contributed by atoms with Gasteiger partial charge in [0.05, 0.1) is 13.7 Å². The standard InChI is InChI=1S/C26H23N5O6/c1-25(22(34)30(2)24(36)29-25)17-7-4-15(5-8-17)10-11-26(21(33)27-23(35)28-26)14-31-13-16-6-9-18(37-3)12-19(16)20(31)32/h4-9,12H,13-14H2,1-3H3,(H,29,36)(H2,27,28,33,35)/t25?,26-/m1/s1. The second-order valence-corrected chi connectivity index (χ2v) is 9.24. The van der Waals surface area contributed by atoms with Crippen LogP contribution in [-0.2, 0) is 21.7 Å². The van der Waals surface area contributed by atoms with Gasteiger partial charge < -0.3 is 20.3 Å². The summed E-state index contributed by atoms with van der Waals surface area (Å²) in [4.78, 5) is 64.8. The molecule has 188 valence electrons. The van der Waals surface area contributed by atoms with E-state index in [1.165, 1.54) is 19.1 Å². The van der Waals surface area contributed by atoms with Gasteiger partial charge in [-0.25, -0.2) is 9.59 Å². The Morgan fingerprint density at radius 1 is 1.03 bits per heavy atom. The van der Waals surface area contributed by atoms with Crippen LogP contribution in [0.2, 0.25) is 0 Å². The Morgan fingerprint density at radius 3 is 2.35 bits per heavy atom. The third-order valence-electron chi connectivity index (χ3n) is 6.84. The second kappa shape index (κ2) is 8.37. The number of likely N-dealkylation sites (N-methyl/N-ethyl adjacent to an activating group) is 1. The van der Waals surface area contributed by atoms with Crippen molar-refractivity contribution in [3.63, 3.8) is 0 Å². The lowest BCUT2D eigenvalue weighted by molar-refractivity contribution is -0.130. The molecule has 0 radical (unpaired) electrons. The number of rotatable bonds is 4. The van der Waals surface area contributed by atoms with Gasteiger partial charge in [-0.15, -0.1) is 0 Å². The average Bonchev–Trinajstić information content (AvgIpc) is 3.42. The van der Waals surface area contributed by atoms with Gasteiger partial charge in [0.1, 0.15) is 11.3 Å². The van der Waals surface area contributed by atoms with E-state index in [2.05, 4.69) is 27.8 Å². The lowest BCUT2D eigenvalue weighted by Gasteiger charge is -2.26. The van der Waals surface area contributed by atoms with Crippen molar-refractivity contribution < 1.29 is 28.7 Å². The average molecular weight is 501 g/mol. The Kier molecular flexibility index (Phi) is 5.40. The van der Waals surface area contributed by atoms with Gasteiger partial charge in [-0.2, -0.15) is 0 Å². The number of hydrogen-bond acceptors (Lipinski definition) is 6. The Labute approximate surface area is 212 Å². The predicted molar refractivity (Wildman–Crippen MR) is 129 cm³/mol. The highest BCUT2D eigenvalue weighted by Gasteiger charge is 2.49. The maximum Gasteiger partial charge on any atom is 0.325 e. The van der Waals surface area contributed by atoms with E-state index in [9.17, 15) is 24.0 Å². The maximum absolute atomic E-state index is 13.0. The summed E-state index contributed by atoms with van der Waals surface area (Å²) in [7, 11) is 2.91. The highest BCUT2D eigenvalue weighted by Crippen LogP contribution is 2.29. The van der Waals surface area contributed by atoms with Crippen molar-refractivity contribution in [1.29, 1.82) is 0 Å². The Hall–Kier alpha value is -4.85. The topological polar surface area (TPSA) is 137 Å². The van der Waals surface area contributed by atoms with Crippen LogP contribution < -0.4 is 20.7 Å². The number of urea groups is 2. The Bertz CT molecular complexity index is 1440. The summed E-state index contributed by atoms with van der Waals surface area (Å²) in [6.07, 6.45) is 0. The number of ether oxygens (including phenoxy) is 1. The van der Waals surface area contributed by atoms with E-state index in [-0.39, 0.29) is 24.9 Å². The first kappa shape index (κ1) is 23.9. The number of carbonyl (C=O) groups excluding carboxylic acids is 5. The molecule has 0 saturated carbocycles. The minimum Gasteiger partial charge on any atom is -0.497 e. The number of hydrogen-bond donors (Lipinski definition) is 3. The third-order valence-corrected chi connectivity index (χ3v) is 6.84. The van der Waals surface area contributed by atoms with Crippen LogP contribution in [0.4, 0.5) is 9.59 Å². The van der Waals surface area contributed by atoms with Crippen molar-refractivity contribution in [1.82, 2.24) is 25.8 Å². The summed E-state index contributed by atoms with van der Waals surface area (Å²) in [6, 6.07) is 10.6. The smallest absolute Gasteiger partial charge is 0.325 e. The molecule has 0 aromatic heterocycles. The lowest BCUT2D eigenvalue weighted by Crippen LogP contribution is -2.54. The number of fused-ring (bicyclic) bond motifs is 1. The molecule has 11 heteroatoms. The second-order valence-electron chi connectivity index (χ2n) is 9.24. The van der Waals surface area contributed by atoms with Crippen LogP contribution in [0.1, 0.15) is 34.0 Å². The molecule has 7 amide bonds. The maximum atomic E-state index is 13.0. The minimum atomic E-state index is -1.65. The van der Waals surface area contributed by atoms with E-state index in [0.29, 0.717) is 22.4 Å². The van der Waals surface area contributed by atoms with Gasteiger partial charge in [-0.3, -0.25) is 24.6 Å². The van der Waals surface area contributed by atoms with Crippen molar-refractivity contribution in [3.8, 4) is 17.6 Å². The van der Waals surface area contributed by atoms with Crippen molar-refractivity contribution in [2.45, 2.75) is 24.5 Å². The molecule has 11 nitrogen and oxygen atoms in total. The quantitative estimate of drug-likeness (QED) is 0.416. The minimum absolute atomic E-state index is 0.156. The molecule has 3 aliphatic rings. The fourth-order valence-electron chi connectivity index (χ4n) is 4.65. The highest BCUT2D eigenvalue weighted by atomic mass is 16.5. The summed E-state index contributed by atoms with van der Waals surface area (Å²) in [6.45, 7) is 1.72. The number of amides is 7. The van der Waals surface area contributed by atoms with Crippen LogP contribution in [0, 0.1) is 11.8 Å². The van der Waals surface area contributed by atoms with Crippen LogP contribution in [0.15, 0.2) is 42.5 Å². The molecule has 3 heterocycles. The van der Waals surface area contributed by atoms with Gasteiger partial charge in [0.2, 0.25) is 5.54 Å². The van der Waals surface area contributed by atoms with Crippen molar-refractivity contribution in [2.75, 3.05) is 20.7 Å². The number of methoxy groups -OCH3 is 1. The van der Waals surface area contributed by atoms with Gasteiger partial charge in [0.25, 0.3) is 17.7 Å². The first-order valence-corrected chi connectivity index (χ1v) is 11.4. The van der Waals surface area contributed by atoms with Crippen molar-refractivity contribution in [2.24, 2.45) is 0 Å². The number of benzene rings is 2. The molecule has 2 aromatic carbocycles. The van der Waals surface area contributed by atoms with Gasteiger partial charge in [0.15, 0.2) is 0 Å². The SMILES string of the molecule is COc1ccc2c(c1)C(=O)N(C[C@@]1(C#Cc3ccc(C4(C)NC(=O)N(C)C4=O)cc3)NC(=O)NC1=O)C2. The van der Waals surface area contributed by atoms with Crippen LogP contribution in [0.3, 0.4) is 0 Å². The summed E-state index contributed by atoms with van der Waals surface area (Å²) in [5, 5.41) is 7.45. The van der Waals surface area contributed by atoms with Crippen molar-refractivity contribution in [3.05, 3.63) is 64.7 Å². The zero-order valence-corrected chi connectivity index (χ0v) is 20.3. The van der Waals surface area contributed by atoms with Gasteiger partial charge >= 0.3 is 12.1 Å². The molecule has 3 N–H and O–H groups in total. The fraction of sp³-hybridized carbons (Fsp3) is 0.269. The molecule has 0 aliphatic carbocycles. The first-order chi connectivity index (χ1) is 17.6. The first-order valence-electron chi connectivity index (χ1n) is 11.4. The molecule has 0 spiro atoms. The van der Waals surface area contributed by atoms with Crippen LogP contribution in [-0.4, -0.2) is 65.8 Å². The largest absolute Gasteiger partial charge is 0.497 e. The molecule has 5 rings (SSSR count). The number of carbonyl (C=O) groups is 5. The van der Waals surface area contributed by atoms with Gasteiger partial charge in [0, 0.05) is 24.7 Å². The number of imide groups is 2. The molecule has 2 saturated heterocycles. The van der Waals surface area contributed by atoms with Crippen LogP contribution in [0.5, 0.6) is 5.75 Å². The van der Waals surface area contributed by atoms with E-state index in [1.54, 1.807) is 49.4 Å². The molecular formula is C26H23N5O6. The summed E-state index contributed by atoms with van der Waals surface area (Å²) >= 11 is 0. The zero-order chi connectivity index (χ0) is 26.5. The van der Waals surface area contributed by atoms with E-state index in [1.807, 2.05) is 0 Å². The van der Waals surface area contributed by atoms with E-state index in [0.717, 1.165) is 10.5 Å². The molecular weight excluding hydrogens is 478 g/mol. The zero-order valence-electron chi connectivity index (χ0n) is 20.3. The Morgan fingerprint density at radius 2 is 1.76 bits per heavy atom. The highest BCUT2D eigenvalue weighted by molar-refractivity contribution is 6.10. The number of nitrogens with zero attached hydrogens (tertiary/aromatic N) is 2. The normalized spacial score (nSPS) is 24.4. The van der Waals surface area contributed by atoms with E-state index >= 15 is 0 Å². The molecule has 37 heavy (non-hydrogen) atoms. The molecule has 2 atom stereocenters. The number of nitrogens with one attached hydrogen (secondary N) is 3. The fourth-order valence-corrected chi connectivity index (χ4v) is 4.65. The molecule has 2 fully saturated rings. The summed E-state index contributed by atoms with van der Waals surface area (Å²) < 4.78 is 5.20. The molecule has 3 aliphatic heterocycles.